The number of aliphatic imine (C=N–C) groups is 1. The quantitative estimate of drug-likeness (QED) is 0.343. The van der Waals surface area contributed by atoms with E-state index in [4.69, 9.17) is 11.5 Å². The second kappa shape index (κ2) is 9.62. The van der Waals surface area contributed by atoms with Crippen LogP contribution in [0, 0.1) is 0 Å². The molecule has 3 aromatic rings. The van der Waals surface area contributed by atoms with Crippen LogP contribution in [-0.4, -0.2) is 18.4 Å². The van der Waals surface area contributed by atoms with Gasteiger partial charge in [0.1, 0.15) is 0 Å². The Labute approximate surface area is 172 Å². The maximum absolute atomic E-state index is 5.24. The molecule has 0 saturated heterocycles. The van der Waals surface area contributed by atoms with Crippen LogP contribution in [0.15, 0.2) is 92.5 Å². The third-order valence-corrected chi connectivity index (χ3v) is 4.77. The molecule has 6 heteroatoms. The highest BCUT2D eigenvalue weighted by Crippen LogP contribution is 2.20. The van der Waals surface area contributed by atoms with Crippen LogP contribution in [0.3, 0.4) is 0 Å². The molecule has 0 aliphatic carbocycles. The topological polar surface area (TPSA) is 89.1 Å². The zero-order chi connectivity index (χ0) is 19.8. The summed E-state index contributed by atoms with van der Waals surface area (Å²) >= 11 is 3.54. The van der Waals surface area contributed by atoms with E-state index in [-0.39, 0.29) is 5.96 Å². The molecule has 0 spiro atoms. The Hall–Kier alpha value is -3.25. The highest BCUT2D eigenvalue weighted by Gasteiger charge is 1.99. The molecule has 0 aromatic heterocycles. The maximum Gasteiger partial charge on any atom is 0.211 e. The summed E-state index contributed by atoms with van der Waals surface area (Å²) in [4.78, 5) is 4.53. The van der Waals surface area contributed by atoms with Gasteiger partial charge in [-0.15, -0.1) is 5.10 Å². The minimum absolute atomic E-state index is 0.0621. The summed E-state index contributed by atoms with van der Waals surface area (Å²) < 4.78 is 1.08. The van der Waals surface area contributed by atoms with Gasteiger partial charge in [0, 0.05) is 10.7 Å². The second-order valence-electron chi connectivity index (χ2n) is 6.07. The van der Waals surface area contributed by atoms with Gasteiger partial charge in [-0.05, 0) is 33.9 Å². The molecule has 4 N–H and O–H groups in total. The summed E-state index contributed by atoms with van der Waals surface area (Å²) in [5.41, 5.74) is 15.9. The number of hydrogen-bond acceptors (Lipinski definition) is 3. The van der Waals surface area contributed by atoms with E-state index in [1.807, 2.05) is 48.7 Å². The molecule has 140 valence electrons. The molecular weight excluding hydrogens is 414 g/mol. The number of nitrogens with two attached hydrogens (primary N) is 2. The molecule has 0 fully saturated rings. The van der Waals surface area contributed by atoms with Crippen LogP contribution in [0.5, 0.6) is 0 Å². The molecule has 28 heavy (non-hydrogen) atoms. The van der Waals surface area contributed by atoms with Gasteiger partial charge in [-0.3, -0.25) is 4.99 Å². The molecule has 5 nitrogen and oxygen atoms in total. The smallest absolute Gasteiger partial charge is 0.211 e. The lowest BCUT2D eigenvalue weighted by molar-refractivity contribution is 1.07. The van der Waals surface area contributed by atoms with Crippen molar-refractivity contribution in [2.45, 2.75) is 6.54 Å². The van der Waals surface area contributed by atoms with Gasteiger partial charge >= 0.3 is 0 Å². The van der Waals surface area contributed by atoms with Crippen LogP contribution < -0.4 is 11.5 Å². The predicted octanol–water partition coefficient (Wildman–Crippen LogP) is 4.34. The molecule has 0 saturated carbocycles. The molecule has 0 aliphatic rings. The van der Waals surface area contributed by atoms with Crippen LogP contribution in [0.4, 0.5) is 0 Å². The lowest BCUT2D eigenvalue weighted by atomic mass is 10.0. The maximum atomic E-state index is 5.24. The van der Waals surface area contributed by atoms with Crippen LogP contribution >= 0.6 is 15.9 Å². The Morgan fingerprint density at radius 2 is 1.36 bits per heavy atom. The fourth-order valence-corrected chi connectivity index (χ4v) is 2.97. The summed E-state index contributed by atoms with van der Waals surface area (Å²) in [7, 11) is 0. The van der Waals surface area contributed by atoms with Gasteiger partial charge in [-0.25, -0.2) is 0 Å². The first-order chi connectivity index (χ1) is 13.6. The summed E-state index contributed by atoms with van der Waals surface area (Å²) in [5.74, 6) is -0.0621. The van der Waals surface area contributed by atoms with Gasteiger partial charge in [0.05, 0.1) is 12.8 Å². The molecule has 0 bridgehead atoms. The molecular formula is C22H20BrN5. The van der Waals surface area contributed by atoms with Crippen molar-refractivity contribution in [2.24, 2.45) is 26.7 Å². The normalized spacial score (nSPS) is 11.2. The van der Waals surface area contributed by atoms with Gasteiger partial charge in [0.15, 0.2) is 0 Å². The van der Waals surface area contributed by atoms with E-state index in [1.165, 1.54) is 5.56 Å². The van der Waals surface area contributed by atoms with E-state index in [0.29, 0.717) is 6.54 Å². The van der Waals surface area contributed by atoms with Crippen molar-refractivity contribution in [1.82, 2.24) is 0 Å². The van der Waals surface area contributed by atoms with Crippen molar-refractivity contribution >= 4 is 34.3 Å². The SMILES string of the molecule is NC(N)=N/N=C/c1ccc(-c2ccc(C=NCc3ccccc3Br)cc2)cc1. The van der Waals surface area contributed by atoms with Gasteiger partial charge in [-0.2, -0.15) is 5.10 Å². The first-order valence-electron chi connectivity index (χ1n) is 8.67. The van der Waals surface area contributed by atoms with E-state index in [1.54, 1.807) is 6.21 Å². The van der Waals surface area contributed by atoms with Gasteiger partial charge < -0.3 is 11.5 Å². The van der Waals surface area contributed by atoms with Crippen LogP contribution in [0.2, 0.25) is 0 Å². The van der Waals surface area contributed by atoms with Crippen molar-refractivity contribution in [3.8, 4) is 11.1 Å². The third kappa shape index (κ3) is 5.62. The Kier molecular flexibility index (Phi) is 6.70. The molecule has 3 rings (SSSR count). The highest BCUT2D eigenvalue weighted by atomic mass is 79.9. The van der Waals surface area contributed by atoms with Crippen molar-refractivity contribution in [3.63, 3.8) is 0 Å². The number of nitrogens with zero attached hydrogens (tertiary/aromatic N) is 3. The van der Waals surface area contributed by atoms with Gasteiger partial charge in [0.2, 0.25) is 5.96 Å². The average molecular weight is 434 g/mol. The van der Waals surface area contributed by atoms with Crippen molar-refractivity contribution in [1.29, 1.82) is 0 Å². The summed E-state index contributed by atoms with van der Waals surface area (Å²) in [6.45, 7) is 0.645. The highest BCUT2D eigenvalue weighted by molar-refractivity contribution is 9.10. The molecule has 0 aliphatic heterocycles. The zero-order valence-electron chi connectivity index (χ0n) is 15.2. The Morgan fingerprint density at radius 1 is 0.786 bits per heavy atom. The Morgan fingerprint density at radius 3 is 1.93 bits per heavy atom. The van der Waals surface area contributed by atoms with E-state index < -0.39 is 0 Å². The van der Waals surface area contributed by atoms with E-state index in [0.717, 1.165) is 26.7 Å². The molecule has 0 amide bonds. The number of benzene rings is 3. The standard InChI is InChI=1S/C22H20BrN5/c23-21-4-2-1-3-20(21)15-26-13-16-5-9-18(10-6-16)19-11-7-17(8-12-19)14-27-28-22(24)25/h1-14H,15H2,(H4,24,25,28)/b26-13?,27-14+. The number of halogens is 1. The van der Waals surface area contributed by atoms with Crippen LogP contribution in [-0.2, 0) is 6.54 Å². The van der Waals surface area contributed by atoms with Gasteiger partial charge in [-0.1, -0.05) is 82.7 Å². The lowest BCUT2D eigenvalue weighted by Crippen LogP contribution is -2.21. The predicted molar refractivity (Wildman–Crippen MR) is 121 cm³/mol. The van der Waals surface area contributed by atoms with Crippen molar-refractivity contribution in [2.75, 3.05) is 0 Å². The first-order valence-corrected chi connectivity index (χ1v) is 9.47. The van der Waals surface area contributed by atoms with Crippen molar-refractivity contribution < 1.29 is 0 Å². The molecule has 0 unspecified atom stereocenters. The Balaban J connectivity index is 1.64. The summed E-state index contributed by atoms with van der Waals surface area (Å²) in [6.07, 6.45) is 3.50. The minimum Gasteiger partial charge on any atom is -0.369 e. The largest absolute Gasteiger partial charge is 0.369 e. The lowest BCUT2D eigenvalue weighted by Gasteiger charge is -2.03. The third-order valence-electron chi connectivity index (χ3n) is 3.99. The average Bonchev–Trinajstić information content (AvgIpc) is 2.70. The van der Waals surface area contributed by atoms with Crippen LogP contribution in [0.1, 0.15) is 16.7 Å². The Bertz CT molecular complexity index is 1000. The van der Waals surface area contributed by atoms with Crippen molar-refractivity contribution in [3.05, 3.63) is 94.0 Å². The monoisotopic (exact) mass is 433 g/mol. The first kappa shape index (κ1) is 19.5. The summed E-state index contributed by atoms with van der Waals surface area (Å²) in [6, 6.07) is 24.4. The number of guanidine groups is 1. The molecule has 0 atom stereocenters. The molecule has 3 aromatic carbocycles. The molecule has 0 radical (unpaired) electrons. The number of hydrogen-bond donors (Lipinski definition) is 2. The summed E-state index contributed by atoms with van der Waals surface area (Å²) in [5, 5.41) is 7.39. The molecule has 0 heterocycles. The zero-order valence-corrected chi connectivity index (χ0v) is 16.8. The van der Waals surface area contributed by atoms with Gasteiger partial charge in [0.25, 0.3) is 0 Å². The fourth-order valence-electron chi connectivity index (χ4n) is 2.56. The van der Waals surface area contributed by atoms with E-state index in [9.17, 15) is 0 Å². The van der Waals surface area contributed by atoms with E-state index in [2.05, 4.69) is 61.5 Å². The second-order valence-corrected chi connectivity index (χ2v) is 6.93. The fraction of sp³-hybridized carbons (Fsp3) is 0.0455. The van der Waals surface area contributed by atoms with Crippen LogP contribution in [0.25, 0.3) is 11.1 Å². The number of rotatable bonds is 6. The minimum atomic E-state index is -0.0621. The van der Waals surface area contributed by atoms with E-state index >= 15 is 0 Å².